The van der Waals surface area contributed by atoms with Crippen LogP contribution in [0.25, 0.3) is 22.4 Å². The van der Waals surface area contributed by atoms with Crippen LogP contribution < -0.4 is 4.90 Å². The van der Waals surface area contributed by atoms with Gasteiger partial charge in [-0.15, -0.1) is 0 Å². The van der Waals surface area contributed by atoms with Gasteiger partial charge in [0.1, 0.15) is 16.6 Å². The maximum absolute atomic E-state index is 6.34. The van der Waals surface area contributed by atoms with Gasteiger partial charge in [-0.05, 0) is 38.2 Å². The van der Waals surface area contributed by atoms with E-state index in [2.05, 4.69) is 38.4 Å². The Balaban J connectivity index is 0.00000126. The van der Waals surface area contributed by atoms with Crippen LogP contribution in [0, 0.1) is 0 Å². The highest BCUT2D eigenvalue weighted by Crippen LogP contribution is 2.34. The van der Waals surface area contributed by atoms with Crippen LogP contribution in [0.3, 0.4) is 0 Å². The molecule has 0 amide bonds. The summed E-state index contributed by atoms with van der Waals surface area (Å²) in [6.07, 6.45) is 6.24. The molecule has 2 fully saturated rings. The van der Waals surface area contributed by atoms with Crippen LogP contribution in [0.5, 0.6) is 0 Å². The first kappa shape index (κ1) is 24.3. The Morgan fingerprint density at radius 2 is 1.91 bits per heavy atom. The second-order valence-electron chi connectivity index (χ2n) is 8.21. The third-order valence-electron chi connectivity index (χ3n) is 6.26. The summed E-state index contributed by atoms with van der Waals surface area (Å²) in [7, 11) is 0. The fourth-order valence-electron chi connectivity index (χ4n) is 4.52. The van der Waals surface area contributed by atoms with Crippen LogP contribution in [0.15, 0.2) is 24.4 Å². The summed E-state index contributed by atoms with van der Waals surface area (Å²) in [6.45, 7) is 10.6. The number of H-pyrrole nitrogens is 1. The molecule has 0 bridgehead atoms. The number of aromatic amines is 1. The highest BCUT2D eigenvalue weighted by molar-refractivity contribution is 7.96. The summed E-state index contributed by atoms with van der Waals surface area (Å²) in [5.74, 6) is 2.12. The topological polar surface area (TPSA) is 70.2 Å². The molecule has 178 valence electrons. The highest BCUT2D eigenvalue weighted by atomic mass is 35.5. The number of ether oxygens (including phenoxy) is 1. The minimum Gasteiger partial charge on any atom is -0.377 e. The predicted molar refractivity (Wildman–Crippen MR) is 138 cm³/mol. The molecule has 2 aliphatic rings. The zero-order valence-electron chi connectivity index (χ0n) is 19.8. The molecule has 1 unspecified atom stereocenters. The molecule has 0 radical (unpaired) electrons. The van der Waals surface area contributed by atoms with Gasteiger partial charge >= 0.3 is 0 Å². The maximum atomic E-state index is 6.34. The number of hydrogen-bond donors (Lipinski definition) is 1. The summed E-state index contributed by atoms with van der Waals surface area (Å²) in [6, 6.07) is 6.36. The number of nitrogens with zero attached hydrogens (tertiary/aromatic N) is 5. The number of nitrogens with one attached hydrogen (secondary N) is 1. The van der Waals surface area contributed by atoms with Gasteiger partial charge in [0.05, 0.1) is 19.3 Å². The van der Waals surface area contributed by atoms with Gasteiger partial charge in [-0.25, -0.2) is 15.0 Å². The number of halogens is 1. The molecule has 1 atom stereocenters. The van der Waals surface area contributed by atoms with Crippen LogP contribution >= 0.6 is 23.5 Å². The Morgan fingerprint density at radius 3 is 2.64 bits per heavy atom. The summed E-state index contributed by atoms with van der Waals surface area (Å²) in [5.41, 5.74) is 2.80. The molecule has 0 aromatic carbocycles. The largest absolute Gasteiger partial charge is 0.377 e. The molecule has 5 heterocycles. The van der Waals surface area contributed by atoms with E-state index in [0.717, 1.165) is 60.6 Å². The molecule has 33 heavy (non-hydrogen) atoms. The SMILES string of the molecule is CC.CSN1CCC(c2cc(N3CCOCC3C)nc(-c3cc(Cl)nc4[nH]ccc34)n2)CC1. The van der Waals surface area contributed by atoms with Crippen molar-refractivity contribution in [1.29, 1.82) is 0 Å². The van der Waals surface area contributed by atoms with Crippen LogP contribution in [-0.4, -0.2) is 69.4 Å². The van der Waals surface area contributed by atoms with E-state index in [9.17, 15) is 0 Å². The van der Waals surface area contributed by atoms with Crippen molar-refractivity contribution in [1.82, 2.24) is 24.2 Å². The van der Waals surface area contributed by atoms with Gasteiger partial charge in [0.25, 0.3) is 0 Å². The summed E-state index contributed by atoms with van der Waals surface area (Å²) < 4.78 is 8.09. The lowest BCUT2D eigenvalue weighted by Gasteiger charge is -2.35. The Morgan fingerprint density at radius 1 is 1.12 bits per heavy atom. The summed E-state index contributed by atoms with van der Waals surface area (Å²) >= 11 is 8.17. The third kappa shape index (κ3) is 5.29. The van der Waals surface area contributed by atoms with E-state index in [1.54, 1.807) is 0 Å². The van der Waals surface area contributed by atoms with E-state index >= 15 is 0 Å². The summed E-state index contributed by atoms with van der Waals surface area (Å²) in [5, 5.41) is 1.42. The first-order chi connectivity index (χ1) is 16.1. The molecule has 0 saturated carbocycles. The second-order valence-corrected chi connectivity index (χ2v) is 9.48. The van der Waals surface area contributed by atoms with Crippen molar-refractivity contribution < 1.29 is 4.74 Å². The minimum absolute atomic E-state index is 0.274. The quantitative estimate of drug-likeness (QED) is 0.390. The van der Waals surface area contributed by atoms with Crippen molar-refractivity contribution >= 4 is 40.4 Å². The van der Waals surface area contributed by atoms with Gasteiger partial charge in [-0.3, -0.25) is 4.31 Å². The highest BCUT2D eigenvalue weighted by Gasteiger charge is 2.26. The standard InChI is InChI=1S/C22H27ClN6OS.C2H6/c1-14-13-30-10-9-29(14)20-12-18(15-4-7-28(31-2)8-5-15)25-22(27-20)17-11-19(23)26-21-16(17)3-6-24-21;1-2/h3,6,11-12,14-15H,4-5,7-10,13H2,1-2H3,(H,24,26);1-2H3. The maximum Gasteiger partial charge on any atom is 0.162 e. The van der Waals surface area contributed by atoms with Gasteiger partial charge < -0.3 is 14.6 Å². The summed E-state index contributed by atoms with van der Waals surface area (Å²) in [4.78, 5) is 20.0. The van der Waals surface area contributed by atoms with Crippen molar-refractivity contribution in [2.24, 2.45) is 0 Å². The van der Waals surface area contributed by atoms with Gasteiger partial charge in [0.2, 0.25) is 0 Å². The van der Waals surface area contributed by atoms with Gasteiger partial charge in [0, 0.05) is 54.5 Å². The number of fused-ring (bicyclic) bond motifs is 1. The van der Waals surface area contributed by atoms with Gasteiger partial charge in [-0.2, -0.15) is 0 Å². The number of rotatable bonds is 4. The molecular weight excluding hydrogens is 456 g/mol. The fraction of sp³-hybridized carbons (Fsp3) is 0.542. The second kappa shape index (κ2) is 11.0. The minimum atomic E-state index is 0.274. The van der Waals surface area contributed by atoms with Crippen LogP contribution in [0.4, 0.5) is 5.82 Å². The molecular formula is C24H33ClN6OS. The van der Waals surface area contributed by atoms with Gasteiger partial charge in [-0.1, -0.05) is 37.4 Å². The van der Waals surface area contributed by atoms with E-state index in [4.69, 9.17) is 26.3 Å². The number of piperidine rings is 1. The first-order valence-electron chi connectivity index (χ1n) is 11.8. The van der Waals surface area contributed by atoms with E-state index in [1.165, 1.54) is 0 Å². The molecule has 2 aliphatic heterocycles. The zero-order chi connectivity index (χ0) is 23.4. The molecule has 7 nitrogen and oxygen atoms in total. The van der Waals surface area contributed by atoms with Crippen LogP contribution in [0.2, 0.25) is 5.15 Å². The van der Waals surface area contributed by atoms with E-state index < -0.39 is 0 Å². The third-order valence-corrected chi connectivity index (χ3v) is 7.34. The molecule has 3 aromatic heterocycles. The molecule has 3 aromatic rings. The van der Waals surface area contributed by atoms with E-state index in [-0.39, 0.29) is 6.04 Å². The Bertz CT molecular complexity index is 1070. The monoisotopic (exact) mass is 488 g/mol. The lowest BCUT2D eigenvalue weighted by atomic mass is 9.94. The average Bonchev–Trinajstić information content (AvgIpc) is 3.33. The molecule has 1 N–H and O–H groups in total. The Hall–Kier alpha value is -1.87. The van der Waals surface area contributed by atoms with Crippen molar-refractivity contribution in [2.75, 3.05) is 44.0 Å². The Kier molecular flexibility index (Phi) is 8.11. The molecule has 5 rings (SSSR count). The average molecular weight is 489 g/mol. The number of anilines is 1. The first-order valence-corrected chi connectivity index (χ1v) is 13.3. The van der Waals surface area contributed by atoms with Crippen molar-refractivity contribution in [3.05, 3.63) is 35.2 Å². The number of hydrogen-bond acceptors (Lipinski definition) is 7. The molecule has 9 heteroatoms. The van der Waals surface area contributed by atoms with Crippen molar-refractivity contribution in [3.63, 3.8) is 0 Å². The van der Waals surface area contributed by atoms with E-state index in [0.29, 0.717) is 30.1 Å². The smallest absolute Gasteiger partial charge is 0.162 e. The number of aromatic nitrogens is 4. The zero-order valence-corrected chi connectivity index (χ0v) is 21.4. The fourth-order valence-corrected chi connectivity index (χ4v) is 5.29. The van der Waals surface area contributed by atoms with Crippen molar-refractivity contribution in [3.8, 4) is 11.4 Å². The van der Waals surface area contributed by atoms with E-state index in [1.807, 2.05) is 44.1 Å². The lowest BCUT2D eigenvalue weighted by Crippen LogP contribution is -2.44. The normalized spacial score (nSPS) is 20.0. The van der Waals surface area contributed by atoms with Crippen LogP contribution in [-0.2, 0) is 4.74 Å². The predicted octanol–water partition coefficient (Wildman–Crippen LogP) is 5.38. The van der Waals surface area contributed by atoms with Gasteiger partial charge in [0.15, 0.2) is 5.82 Å². The Labute approximate surface area is 205 Å². The molecule has 2 saturated heterocycles. The van der Waals surface area contributed by atoms with Crippen molar-refractivity contribution in [2.45, 2.75) is 45.6 Å². The van der Waals surface area contributed by atoms with Crippen LogP contribution in [0.1, 0.15) is 45.2 Å². The number of pyridine rings is 1. The lowest BCUT2D eigenvalue weighted by molar-refractivity contribution is 0.0985. The number of morpholine rings is 1. The molecule has 0 spiro atoms. The molecule has 0 aliphatic carbocycles.